The third-order valence-corrected chi connectivity index (χ3v) is 5.29. The summed E-state index contributed by atoms with van der Waals surface area (Å²) in [5.74, 6) is -1.43. The highest BCUT2D eigenvalue weighted by molar-refractivity contribution is 6.46. The molecule has 1 aliphatic heterocycles. The van der Waals surface area contributed by atoms with Crippen molar-refractivity contribution in [1.82, 2.24) is 4.90 Å². The van der Waals surface area contributed by atoms with E-state index in [0.29, 0.717) is 22.1 Å². The zero-order chi connectivity index (χ0) is 21.3. The maximum absolute atomic E-state index is 12.8. The van der Waals surface area contributed by atoms with Gasteiger partial charge >= 0.3 is 0 Å². The van der Waals surface area contributed by atoms with E-state index < -0.39 is 23.8 Å². The molecule has 0 saturated carbocycles. The molecule has 1 heterocycles. The maximum Gasteiger partial charge on any atom is 0.295 e. The largest absolute Gasteiger partial charge is 0.507 e. The number of likely N-dealkylation sites (tertiary alicyclic amines) is 1. The highest BCUT2D eigenvalue weighted by Crippen LogP contribution is 2.39. The molecule has 1 aliphatic rings. The molecule has 1 fully saturated rings. The minimum atomic E-state index is -0.818. The monoisotopic (exact) mass is 413 g/mol. The quantitative estimate of drug-likeness (QED) is 0.436. The van der Waals surface area contributed by atoms with Crippen LogP contribution in [0.4, 0.5) is 0 Å². The molecule has 2 unspecified atom stereocenters. The second-order valence-corrected chi connectivity index (χ2v) is 8.07. The molecule has 0 aliphatic carbocycles. The van der Waals surface area contributed by atoms with Crippen molar-refractivity contribution in [3.8, 4) is 0 Å². The lowest BCUT2D eigenvalue weighted by molar-refractivity contribution is -0.140. The normalized spacial score (nSPS) is 19.8. The Morgan fingerprint density at radius 3 is 2.14 bits per heavy atom. The van der Waals surface area contributed by atoms with Crippen molar-refractivity contribution in [1.29, 1.82) is 0 Å². The number of carbonyl (C=O) groups is 2. The maximum atomic E-state index is 12.8. The number of carbonyl (C=O) groups excluding carboxylic acids is 2. The number of aliphatic hydroxyl groups is 2. The predicted octanol–water partition coefficient (Wildman–Crippen LogP) is 4.27. The van der Waals surface area contributed by atoms with Crippen LogP contribution in [0.1, 0.15) is 49.4 Å². The van der Waals surface area contributed by atoms with Gasteiger partial charge in [0.25, 0.3) is 11.7 Å². The zero-order valence-corrected chi connectivity index (χ0v) is 17.3. The van der Waals surface area contributed by atoms with Crippen LogP contribution < -0.4 is 0 Å². The Balaban J connectivity index is 2.15. The first-order valence-corrected chi connectivity index (χ1v) is 9.90. The lowest BCUT2D eigenvalue weighted by Crippen LogP contribution is -2.35. The average molecular weight is 414 g/mol. The Morgan fingerprint density at radius 2 is 1.62 bits per heavy atom. The van der Waals surface area contributed by atoms with Gasteiger partial charge in [-0.1, -0.05) is 49.7 Å². The number of benzene rings is 2. The second-order valence-electron chi connectivity index (χ2n) is 7.63. The highest BCUT2D eigenvalue weighted by atomic mass is 35.5. The van der Waals surface area contributed by atoms with Crippen molar-refractivity contribution >= 4 is 29.1 Å². The number of hydrogen-bond donors (Lipinski definition) is 2. The number of hydrogen-bond acceptors (Lipinski definition) is 4. The number of aliphatic hydroxyl groups excluding tert-OH is 2. The van der Waals surface area contributed by atoms with E-state index in [0.717, 1.165) is 5.56 Å². The van der Waals surface area contributed by atoms with E-state index in [-0.39, 0.29) is 17.9 Å². The minimum Gasteiger partial charge on any atom is -0.507 e. The number of Topliss-reactive ketones (excluding diaryl/α,β-unsaturated/α-hetero) is 1. The fraction of sp³-hybridized carbons (Fsp3) is 0.304. The summed E-state index contributed by atoms with van der Waals surface area (Å²) in [7, 11) is 0. The minimum absolute atomic E-state index is 0.00951. The summed E-state index contributed by atoms with van der Waals surface area (Å²) in [6.45, 7) is 5.69. The standard InChI is InChI=1S/C23H24ClNO4/c1-13(2)15-4-6-16(7-5-15)20-19(21(27)17-8-10-18(24)11-9-17)22(28)23(29)25(20)12-14(3)26/h4-11,13-14,20,26-27H,12H2,1-3H3. The third kappa shape index (κ3) is 4.21. The predicted molar refractivity (Wildman–Crippen MR) is 113 cm³/mol. The molecule has 2 N–H and O–H groups in total. The molecule has 29 heavy (non-hydrogen) atoms. The zero-order valence-electron chi connectivity index (χ0n) is 16.6. The van der Waals surface area contributed by atoms with E-state index in [1.807, 2.05) is 24.3 Å². The van der Waals surface area contributed by atoms with Crippen LogP contribution in [0.5, 0.6) is 0 Å². The van der Waals surface area contributed by atoms with Gasteiger partial charge in [-0.05, 0) is 48.2 Å². The van der Waals surface area contributed by atoms with Crippen LogP contribution in [-0.4, -0.2) is 39.5 Å². The fourth-order valence-corrected chi connectivity index (χ4v) is 3.65. The van der Waals surface area contributed by atoms with E-state index in [1.54, 1.807) is 31.2 Å². The SMILES string of the molecule is CC(O)CN1C(=O)C(=O)C(=C(O)c2ccc(Cl)cc2)C1c1ccc(C(C)C)cc1. The molecule has 0 bridgehead atoms. The molecule has 2 aromatic rings. The van der Waals surface area contributed by atoms with Crippen LogP contribution in [0.3, 0.4) is 0 Å². The number of halogens is 1. The van der Waals surface area contributed by atoms with Crippen molar-refractivity contribution in [2.75, 3.05) is 6.54 Å². The molecule has 0 spiro atoms. The van der Waals surface area contributed by atoms with Crippen molar-refractivity contribution in [3.63, 3.8) is 0 Å². The number of amides is 1. The summed E-state index contributed by atoms with van der Waals surface area (Å²) < 4.78 is 0. The van der Waals surface area contributed by atoms with Crippen LogP contribution in [0.15, 0.2) is 54.1 Å². The molecule has 0 aromatic heterocycles. The van der Waals surface area contributed by atoms with Gasteiger partial charge in [0.2, 0.25) is 0 Å². The molecule has 152 valence electrons. The Bertz CT molecular complexity index is 946. The molecule has 2 atom stereocenters. The molecule has 6 heteroatoms. The molecule has 1 saturated heterocycles. The first-order chi connectivity index (χ1) is 13.7. The molecule has 2 aromatic carbocycles. The van der Waals surface area contributed by atoms with Crippen LogP contribution >= 0.6 is 11.6 Å². The summed E-state index contributed by atoms with van der Waals surface area (Å²) in [6.07, 6.45) is -0.818. The number of β-amino-alcohol motifs (C(OH)–C–C–N with tert-alkyl or cyclic N) is 1. The van der Waals surface area contributed by atoms with Crippen LogP contribution in [0.25, 0.3) is 5.76 Å². The summed E-state index contributed by atoms with van der Waals surface area (Å²) >= 11 is 5.92. The number of rotatable bonds is 5. The summed E-state index contributed by atoms with van der Waals surface area (Å²) in [5, 5.41) is 21.3. The van der Waals surface area contributed by atoms with E-state index in [9.17, 15) is 19.8 Å². The topological polar surface area (TPSA) is 77.8 Å². The van der Waals surface area contributed by atoms with Crippen molar-refractivity contribution < 1.29 is 19.8 Å². The Hall–Kier alpha value is -2.63. The summed E-state index contributed by atoms with van der Waals surface area (Å²) in [6, 6.07) is 13.2. The number of ketones is 1. The Morgan fingerprint density at radius 1 is 1.03 bits per heavy atom. The Kier molecular flexibility index (Phi) is 6.10. The van der Waals surface area contributed by atoms with Gasteiger partial charge in [0.15, 0.2) is 0 Å². The van der Waals surface area contributed by atoms with Crippen molar-refractivity contribution in [2.24, 2.45) is 0 Å². The van der Waals surface area contributed by atoms with Crippen molar-refractivity contribution in [3.05, 3.63) is 75.8 Å². The average Bonchev–Trinajstić information content (AvgIpc) is 2.92. The van der Waals surface area contributed by atoms with Gasteiger partial charge < -0.3 is 15.1 Å². The van der Waals surface area contributed by atoms with Crippen LogP contribution in [0, 0.1) is 0 Å². The second kappa shape index (κ2) is 8.39. The van der Waals surface area contributed by atoms with Gasteiger partial charge in [-0.25, -0.2) is 0 Å². The van der Waals surface area contributed by atoms with Crippen molar-refractivity contribution in [2.45, 2.75) is 38.8 Å². The van der Waals surface area contributed by atoms with Gasteiger partial charge in [-0.3, -0.25) is 9.59 Å². The number of nitrogens with zero attached hydrogens (tertiary/aromatic N) is 1. The van der Waals surface area contributed by atoms with E-state index in [2.05, 4.69) is 13.8 Å². The van der Waals surface area contributed by atoms with Gasteiger partial charge in [-0.15, -0.1) is 0 Å². The van der Waals surface area contributed by atoms with Crippen LogP contribution in [0.2, 0.25) is 5.02 Å². The third-order valence-electron chi connectivity index (χ3n) is 5.04. The van der Waals surface area contributed by atoms with Gasteiger partial charge in [-0.2, -0.15) is 0 Å². The molecular weight excluding hydrogens is 390 g/mol. The summed E-state index contributed by atoms with van der Waals surface area (Å²) in [4.78, 5) is 26.8. The van der Waals surface area contributed by atoms with Gasteiger partial charge in [0.1, 0.15) is 5.76 Å². The smallest absolute Gasteiger partial charge is 0.295 e. The molecule has 5 nitrogen and oxygen atoms in total. The summed E-state index contributed by atoms with van der Waals surface area (Å²) in [5.41, 5.74) is 2.23. The van der Waals surface area contributed by atoms with E-state index >= 15 is 0 Å². The first-order valence-electron chi connectivity index (χ1n) is 9.53. The molecular formula is C23H24ClNO4. The van der Waals surface area contributed by atoms with Crippen LogP contribution in [-0.2, 0) is 9.59 Å². The molecule has 1 amide bonds. The fourth-order valence-electron chi connectivity index (χ4n) is 3.53. The molecule has 3 rings (SSSR count). The van der Waals surface area contributed by atoms with Gasteiger partial charge in [0.05, 0.1) is 17.7 Å². The lowest BCUT2D eigenvalue weighted by Gasteiger charge is -2.26. The van der Waals surface area contributed by atoms with Gasteiger partial charge in [0, 0.05) is 17.1 Å². The van der Waals surface area contributed by atoms with E-state index in [1.165, 1.54) is 4.90 Å². The Labute approximate surface area is 175 Å². The molecule has 0 radical (unpaired) electrons. The van der Waals surface area contributed by atoms with E-state index in [4.69, 9.17) is 11.6 Å². The lowest BCUT2D eigenvalue weighted by atomic mass is 9.93. The first kappa shape index (κ1) is 21.1. The highest BCUT2D eigenvalue weighted by Gasteiger charge is 2.46.